The summed E-state index contributed by atoms with van der Waals surface area (Å²) in [6.07, 6.45) is 0.537. The molecule has 2 heterocycles. The van der Waals surface area contributed by atoms with Gasteiger partial charge in [0.05, 0.1) is 4.92 Å². The summed E-state index contributed by atoms with van der Waals surface area (Å²) in [4.78, 5) is 12.3. The Labute approximate surface area is 115 Å². The van der Waals surface area contributed by atoms with Crippen LogP contribution in [-0.2, 0) is 6.54 Å². The van der Waals surface area contributed by atoms with Crippen molar-refractivity contribution in [3.8, 4) is 0 Å². The smallest absolute Gasteiger partial charge is 0.312 e. The number of aromatic nitrogens is 2. The quantitative estimate of drug-likeness (QED) is 0.477. The monoisotopic (exact) mass is 282 g/mol. The molecular weight excluding hydrogens is 268 g/mol. The Balaban J connectivity index is 2.09. The highest BCUT2D eigenvalue weighted by Gasteiger charge is 2.25. The van der Waals surface area contributed by atoms with E-state index in [0.29, 0.717) is 29.5 Å². The van der Waals surface area contributed by atoms with Gasteiger partial charge in [0.15, 0.2) is 0 Å². The van der Waals surface area contributed by atoms with Crippen molar-refractivity contribution >= 4 is 23.0 Å². The maximum Gasteiger partial charge on any atom is 0.312 e. The van der Waals surface area contributed by atoms with Crippen molar-refractivity contribution in [2.24, 2.45) is 10.2 Å². The Morgan fingerprint density at radius 1 is 1.47 bits per heavy atom. The molecule has 0 aromatic carbocycles. The summed E-state index contributed by atoms with van der Waals surface area (Å²) in [5.41, 5.74) is 1.07. The molecule has 8 nitrogen and oxygen atoms in total. The molecule has 0 fully saturated rings. The van der Waals surface area contributed by atoms with E-state index in [1.54, 1.807) is 23.4 Å². The minimum Gasteiger partial charge on any atom is -0.325 e. The number of azo groups is 1. The van der Waals surface area contributed by atoms with Crippen LogP contribution in [0.15, 0.2) is 10.2 Å². The van der Waals surface area contributed by atoms with Gasteiger partial charge in [0.1, 0.15) is 17.6 Å². The number of hydrogen-bond acceptors (Lipinski definition) is 5. The van der Waals surface area contributed by atoms with Gasteiger partial charge < -0.3 is 4.90 Å². The van der Waals surface area contributed by atoms with E-state index < -0.39 is 4.92 Å². The van der Waals surface area contributed by atoms with Gasteiger partial charge in [0.2, 0.25) is 5.11 Å². The van der Waals surface area contributed by atoms with E-state index in [4.69, 9.17) is 12.2 Å². The van der Waals surface area contributed by atoms with E-state index in [1.807, 2.05) is 7.05 Å². The third kappa shape index (κ3) is 2.46. The lowest BCUT2D eigenvalue weighted by Crippen LogP contribution is -2.29. The fourth-order valence-corrected chi connectivity index (χ4v) is 2.22. The summed E-state index contributed by atoms with van der Waals surface area (Å²) in [5, 5.41) is 23.4. The molecule has 1 aromatic heterocycles. The maximum atomic E-state index is 10.9. The molecule has 0 bridgehead atoms. The lowest BCUT2D eigenvalue weighted by atomic mass is 10.3. The zero-order valence-electron chi connectivity index (χ0n) is 10.9. The van der Waals surface area contributed by atoms with Gasteiger partial charge >= 0.3 is 5.69 Å². The molecule has 0 radical (unpaired) electrons. The van der Waals surface area contributed by atoms with E-state index in [2.05, 4.69) is 15.3 Å². The van der Waals surface area contributed by atoms with E-state index >= 15 is 0 Å². The first kappa shape index (κ1) is 13.5. The van der Waals surface area contributed by atoms with E-state index in [1.165, 1.54) is 0 Å². The summed E-state index contributed by atoms with van der Waals surface area (Å²) in [6, 6.07) is 0. The predicted molar refractivity (Wildman–Crippen MR) is 72.0 cm³/mol. The van der Waals surface area contributed by atoms with Crippen LogP contribution in [0.5, 0.6) is 0 Å². The van der Waals surface area contributed by atoms with Gasteiger partial charge in [-0.2, -0.15) is 10.2 Å². The summed E-state index contributed by atoms with van der Waals surface area (Å²) in [5.74, 6) is 0. The van der Waals surface area contributed by atoms with Gasteiger partial charge in [0, 0.05) is 20.0 Å². The third-order valence-corrected chi connectivity index (χ3v) is 3.52. The van der Waals surface area contributed by atoms with Gasteiger partial charge in [-0.25, -0.2) is 0 Å². The molecule has 0 saturated heterocycles. The Kier molecular flexibility index (Phi) is 3.56. The van der Waals surface area contributed by atoms with E-state index in [0.717, 1.165) is 0 Å². The van der Waals surface area contributed by atoms with Crippen molar-refractivity contribution in [2.45, 2.75) is 33.0 Å². The first-order chi connectivity index (χ1) is 8.91. The molecule has 9 heteroatoms. The molecule has 0 spiro atoms. The van der Waals surface area contributed by atoms with Crippen LogP contribution in [0.2, 0.25) is 0 Å². The highest BCUT2D eigenvalue weighted by atomic mass is 32.1. The fourth-order valence-electron chi connectivity index (χ4n) is 2.05. The largest absolute Gasteiger partial charge is 0.325 e. The van der Waals surface area contributed by atoms with Crippen molar-refractivity contribution in [1.29, 1.82) is 0 Å². The molecule has 0 aliphatic carbocycles. The number of nitrogens with zero attached hydrogens (tertiary/aromatic N) is 6. The summed E-state index contributed by atoms with van der Waals surface area (Å²) in [7, 11) is 1.83. The second kappa shape index (κ2) is 5.00. The van der Waals surface area contributed by atoms with Crippen molar-refractivity contribution in [2.75, 3.05) is 7.05 Å². The summed E-state index contributed by atoms with van der Waals surface area (Å²) in [6.45, 7) is 3.87. The van der Waals surface area contributed by atoms with Crippen LogP contribution in [0.3, 0.4) is 0 Å². The molecule has 2 rings (SSSR count). The normalized spacial score (nSPS) is 18.4. The van der Waals surface area contributed by atoms with E-state index in [9.17, 15) is 10.1 Å². The Morgan fingerprint density at radius 3 is 2.63 bits per heavy atom. The zero-order valence-corrected chi connectivity index (χ0v) is 11.7. The van der Waals surface area contributed by atoms with Crippen molar-refractivity contribution < 1.29 is 4.92 Å². The minimum atomic E-state index is -0.398. The van der Waals surface area contributed by atoms with Crippen LogP contribution < -0.4 is 0 Å². The Morgan fingerprint density at radius 2 is 2.16 bits per heavy atom. The van der Waals surface area contributed by atoms with Crippen molar-refractivity contribution in [3.05, 3.63) is 21.5 Å². The van der Waals surface area contributed by atoms with Gasteiger partial charge in [-0.15, -0.1) is 5.11 Å². The Bertz CT molecular complexity index is 567. The topological polar surface area (TPSA) is 88.9 Å². The van der Waals surface area contributed by atoms with Crippen LogP contribution in [0, 0.1) is 24.0 Å². The number of aryl methyl sites for hydroxylation is 2. The number of hydrogen-bond donors (Lipinski definition) is 0. The van der Waals surface area contributed by atoms with Crippen molar-refractivity contribution in [3.63, 3.8) is 0 Å². The lowest BCUT2D eigenvalue weighted by molar-refractivity contribution is -0.386. The molecular formula is C10H14N6O2S. The fraction of sp³-hybridized carbons (Fsp3) is 0.600. The van der Waals surface area contributed by atoms with Crippen LogP contribution in [0.1, 0.15) is 17.8 Å². The van der Waals surface area contributed by atoms with Gasteiger partial charge in [-0.3, -0.25) is 14.8 Å². The lowest BCUT2D eigenvalue weighted by Gasteiger charge is -2.17. The van der Waals surface area contributed by atoms with E-state index in [-0.39, 0.29) is 11.9 Å². The average Bonchev–Trinajstić information content (AvgIpc) is 2.79. The molecule has 19 heavy (non-hydrogen) atoms. The molecule has 1 aliphatic heterocycles. The van der Waals surface area contributed by atoms with Crippen LogP contribution in [0.25, 0.3) is 0 Å². The minimum absolute atomic E-state index is 0.0805. The summed E-state index contributed by atoms with van der Waals surface area (Å²) < 4.78 is 1.64. The molecule has 102 valence electrons. The second-order valence-corrected chi connectivity index (χ2v) is 4.74. The highest BCUT2D eigenvalue weighted by Crippen LogP contribution is 2.23. The SMILES string of the molecule is Cc1nn(CCC2N=NC(=S)N2C)c(C)c1[N+](=O)[O-]. The number of nitro groups is 1. The first-order valence-electron chi connectivity index (χ1n) is 5.78. The summed E-state index contributed by atoms with van der Waals surface area (Å²) >= 11 is 4.99. The molecule has 0 N–H and O–H groups in total. The number of thiocarbonyl (C=S) groups is 1. The predicted octanol–water partition coefficient (Wildman–Crippen LogP) is 1.81. The first-order valence-corrected chi connectivity index (χ1v) is 6.18. The molecule has 0 saturated carbocycles. The maximum absolute atomic E-state index is 10.9. The Hall–Kier alpha value is -1.90. The second-order valence-electron chi connectivity index (χ2n) is 4.38. The third-order valence-electron chi connectivity index (χ3n) is 3.15. The van der Waals surface area contributed by atoms with Gasteiger partial charge in [-0.1, -0.05) is 0 Å². The van der Waals surface area contributed by atoms with Crippen LogP contribution >= 0.6 is 12.2 Å². The molecule has 1 aromatic rings. The van der Waals surface area contributed by atoms with Gasteiger partial charge in [0.25, 0.3) is 0 Å². The van der Waals surface area contributed by atoms with Gasteiger partial charge in [-0.05, 0) is 26.1 Å². The average molecular weight is 282 g/mol. The molecule has 1 unspecified atom stereocenters. The van der Waals surface area contributed by atoms with Crippen molar-refractivity contribution in [1.82, 2.24) is 14.7 Å². The highest BCUT2D eigenvalue weighted by molar-refractivity contribution is 7.80. The number of rotatable bonds is 4. The van der Waals surface area contributed by atoms with Crippen LogP contribution in [0.4, 0.5) is 5.69 Å². The molecule has 1 atom stereocenters. The molecule has 1 aliphatic rings. The zero-order chi connectivity index (χ0) is 14.2. The van der Waals surface area contributed by atoms with Crippen LogP contribution in [-0.4, -0.2) is 37.9 Å². The standard InChI is InChI=1S/C10H14N6O2S/c1-6-9(16(17)18)7(2)15(13-6)5-4-8-11-12-10(19)14(8)3/h8H,4-5H2,1-3H3. The molecule has 0 amide bonds.